The highest BCUT2D eigenvalue weighted by Gasteiger charge is 2.41. The number of pyridine rings is 1. The first kappa shape index (κ1) is 13.7. The highest BCUT2D eigenvalue weighted by atomic mass is 16.3. The lowest BCUT2D eigenvalue weighted by Crippen LogP contribution is -2.30. The number of carbonyl (C=O) groups excluding carboxylic acids is 1. The first-order chi connectivity index (χ1) is 10.2. The molecule has 2 heterocycles. The third-order valence-corrected chi connectivity index (χ3v) is 3.89. The van der Waals surface area contributed by atoms with Crippen molar-refractivity contribution in [1.82, 2.24) is 25.1 Å². The lowest BCUT2D eigenvalue weighted by Gasteiger charge is -2.14. The van der Waals surface area contributed by atoms with E-state index in [4.69, 9.17) is 5.11 Å². The molecule has 1 saturated carbocycles. The predicted octanol–water partition coefficient (Wildman–Crippen LogP) is 0.555. The highest BCUT2D eigenvalue weighted by molar-refractivity contribution is 5.93. The normalized spacial score (nSPS) is 15.7. The van der Waals surface area contributed by atoms with Crippen molar-refractivity contribution in [2.24, 2.45) is 5.41 Å². The Morgan fingerprint density at radius 2 is 2.29 bits per heavy atom. The molecule has 21 heavy (non-hydrogen) atoms. The summed E-state index contributed by atoms with van der Waals surface area (Å²) in [5, 5.41) is 15.9. The van der Waals surface area contributed by atoms with Crippen molar-refractivity contribution in [3.05, 3.63) is 36.5 Å². The lowest BCUT2D eigenvalue weighted by molar-refractivity contribution is 0.0940. The fourth-order valence-electron chi connectivity index (χ4n) is 2.28. The molecule has 0 spiro atoms. The summed E-state index contributed by atoms with van der Waals surface area (Å²) in [5.74, 6) is 0.472. The SMILES string of the molecule is O=C(NCC1(CCO)CC1)c1ccc(-n2cncn2)nc1. The van der Waals surface area contributed by atoms with Gasteiger partial charge in [-0.1, -0.05) is 0 Å². The molecule has 1 aliphatic carbocycles. The van der Waals surface area contributed by atoms with Crippen LogP contribution in [-0.2, 0) is 0 Å². The van der Waals surface area contributed by atoms with E-state index in [2.05, 4.69) is 20.4 Å². The monoisotopic (exact) mass is 287 g/mol. The van der Waals surface area contributed by atoms with Crippen molar-refractivity contribution in [2.45, 2.75) is 19.3 Å². The minimum Gasteiger partial charge on any atom is -0.396 e. The summed E-state index contributed by atoms with van der Waals surface area (Å²) >= 11 is 0. The standard InChI is InChI=1S/C14H17N5O2/c20-6-5-14(3-4-14)8-17-13(21)11-1-2-12(16-7-11)19-10-15-9-18-19/h1-2,7,9-10,20H,3-6,8H2,(H,17,21). The van der Waals surface area contributed by atoms with Gasteiger partial charge in [0.1, 0.15) is 12.7 Å². The molecule has 0 aromatic carbocycles. The number of amides is 1. The molecule has 0 aliphatic heterocycles. The van der Waals surface area contributed by atoms with Gasteiger partial charge in [0.05, 0.1) is 5.56 Å². The van der Waals surface area contributed by atoms with E-state index in [-0.39, 0.29) is 17.9 Å². The Labute approximate surface area is 122 Å². The molecular weight excluding hydrogens is 270 g/mol. The first-order valence-electron chi connectivity index (χ1n) is 6.93. The molecule has 3 rings (SSSR count). The number of carbonyl (C=O) groups is 1. The minimum absolute atomic E-state index is 0.110. The maximum atomic E-state index is 12.1. The van der Waals surface area contributed by atoms with Gasteiger partial charge in [0, 0.05) is 19.3 Å². The van der Waals surface area contributed by atoms with Crippen LogP contribution in [0.5, 0.6) is 0 Å². The van der Waals surface area contributed by atoms with Crippen molar-refractivity contribution in [2.75, 3.05) is 13.2 Å². The summed E-state index contributed by atoms with van der Waals surface area (Å²) in [7, 11) is 0. The second kappa shape index (κ2) is 5.61. The van der Waals surface area contributed by atoms with Crippen LogP contribution in [0.1, 0.15) is 29.6 Å². The van der Waals surface area contributed by atoms with E-state index in [1.54, 1.807) is 18.5 Å². The Morgan fingerprint density at radius 3 is 2.86 bits per heavy atom. The van der Waals surface area contributed by atoms with Crippen LogP contribution in [0.15, 0.2) is 31.0 Å². The molecule has 1 fully saturated rings. The molecule has 2 N–H and O–H groups in total. The van der Waals surface area contributed by atoms with Gasteiger partial charge >= 0.3 is 0 Å². The molecule has 1 aliphatic rings. The topological polar surface area (TPSA) is 92.9 Å². The van der Waals surface area contributed by atoms with Crippen LogP contribution in [0.4, 0.5) is 0 Å². The highest BCUT2D eigenvalue weighted by Crippen LogP contribution is 2.47. The number of hydrogen-bond donors (Lipinski definition) is 2. The van der Waals surface area contributed by atoms with E-state index in [0.29, 0.717) is 17.9 Å². The molecule has 7 heteroatoms. The molecule has 110 valence electrons. The number of aliphatic hydroxyl groups excluding tert-OH is 1. The lowest BCUT2D eigenvalue weighted by atomic mass is 10.0. The maximum absolute atomic E-state index is 12.1. The van der Waals surface area contributed by atoms with Crippen LogP contribution in [0.2, 0.25) is 0 Å². The Kier molecular flexibility index (Phi) is 3.66. The van der Waals surface area contributed by atoms with Crippen LogP contribution in [0.3, 0.4) is 0 Å². The third kappa shape index (κ3) is 3.08. The second-order valence-corrected chi connectivity index (χ2v) is 5.40. The van der Waals surface area contributed by atoms with Crippen LogP contribution < -0.4 is 5.32 Å². The van der Waals surface area contributed by atoms with E-state index in [0.717, 1.165) is 19.3 Å². The van der Waals surface area contributed by atoms with E-state index < -0.39 is 0 Å². The van der Waals surface area contributed by atoms with Crippen molar-refractivity contribution < 1.29 is 9.90 Å². The van der Waals surface area contributed by atoms with Crippen LogP contribution in [-0.4, -0.2) is 43.9 Å². The zero-order valence-electron chi connectivity index (χ0n) is 11.6. The summed E-state index contributed by atoms with van der Waals surface area (Å²) in [4.78, 5) is 20.1. The van der Waals surface area contributed by atoms with Gasteiger partial charge in [0.15, 0.2) is 5.82 Å². The largest absolute Gasteiger partial charge is 0.396 e. The number of aliphatic hydroxyl groups is 1. The number of aromatic nitrogens is 4. The van der Waals surface area contributed by atoms with Gasteiger partial charge in [-0.15, -0.1) is 0 Å². The fraction of sp³-hybridized carbons (Fsp3) is 0.429. The van der Waals surface area contributed by atoms with Gasteiger partial charge in [-0.25, -0.2) is 14.6 Å². The van der Waals surface area contributed by atoms with E-state index >= 15 is 0 Å². The Morgan fingerprint density at radius 1 is 1.43 bits per heavy atom. The zero-order valence-corrected chi connectivity index (χ0v) is 11.6. The zero-order chi connectivity index (χ0) is 14.7. The van der Waals surface area contributed by atoms with E-state index in [1.165, 1.54) is 17.2 Å². The van der Waals surface area contributed by atoms with Crippen LogP contribution in [0.25, 0.3) is 5.82 Å². The molecule has 1 amide bonds. The van der Waals surface area contributed by atoms with Crippen molar-refractivity contribution >= 4 is 5.91 Å². The smallest absolute Gasteiger partial charge is 0.252 e. The van der Waals surface area contributed by atoms with E-state index in [1.807, 2.05) is 0 Å². The predicted molar refractivity (Wildman–Crippen MR) is 74.9 cm³/mol. The summed E-state index contributed by atoms with van der Waals surface area (Å²) in [6, 6.07) is 3.44. The number of nitrogens with zero attached hydrogens (tertiary/aromatic N) is 4. The first-order valence-corrected chi connectivity index (χ1v) is 6.93. The van der Waals surface area contributed by atoms with Gasteiger partial charge in [-0.3, -0.25) is 4.79 Å². The average Bonchev–Trinajstić information content (AvgIpc) is 3.06. The fourth-order valence-corrected chi connectivity index (χ4v) is 2.28. The molecule has 2 aromatic heterocycles. The number of nitrogens with one attached hydrogen (secondary N) is 1. The molecule has 0 unspecified atom stereocenters. The van der Waals surface area contributed by atoms with Gasteiger partial charge in [-0.05, 0) is 36.8 Å². The molecule has 2 aromatic rings. The Balaban J connectivity index is 1.60. The molecule has 7 nitrogen and oxygen atoms in total. The number of hydrogen-bond acceptors (Lipinski definition) is 5. The minimum atomic E-state index is -0.142. The Bertz CT molecular complexity index is 605. The van der Waals surface area contributed by atoms with Crippen molar-refractivity contribution in [1.29, 1.82) is 0 Å². The van der Waals surface area contributed by atoms with Crippen molar-refractivity contribution in [3.8, 4) is 5.82 Å². The van der Waals surface area contributed by atoms with Gasteiger partial charge in [0.2, 0.25) is 0 Å². The Hall–Kier alpha value is -2.28. The summed E-state index contributed by atoms with van der Waals surface area (Å²) in [6.07, 6.45) is 7.38. The summed E-state index contributed by atoms with van der Waals surface area (Å²) in [6.45, 7) is 0.779. The van der Waals surface area contributed by atoms with Crippen LogP contribution in [0, 0.1) is 5.41 Å². The molecule has 0 saturated heterocycles. The van der Waals surface area contributed by atoms with E-state index in [9.17, 15) is 4.79 Å². The molecule has 0 bridgehead atoms. The van der Waals surface area contributed by atoms with Gasteiger partial charge in [0.25, 0.3) is 5.91 Å². The second-order valence-electron chi connectivity index (χ2n) is 5.40. The third-order valence-electron chi connectivity index (χ3n) is 3.89. The van der Waals surface area contributed by atoms with Crippen LogP contribution >= 0.6 is 0 Å². The summed E-state index contributed by atoms with van der Waals surface area (Å²) in [5.41, 5.74) is 0.622. The van der Waals surface area contributed by atoms with Gasteiger partial charge in [-0.2, -0.15) is 5.10 Å². The van der Waals surface area contributed by atoms with Gasteiger partial charge < -0.3 is 10.4 Å². The summed E-state index contributed by atoms with van der Waals surface area (Å²) < 4.78 is 1.53. The quantitative estimate of drug-likeness (QED) is 0.809. The molecular formula is C14H17N5O2. The average molecular weight is 287 g/mol. The number of rotatable bonds is 6. The van der Waals surface area contributed by atoms with Crippen molar-refractivity contribution in [3.63, 3.8) is 0 Å². The molecule has 0 radical (unpaired) electrons. The molecule has 0 atom stereocenters. The maximum Gasteiger partial charge on any atom is 0.252 e.